The minimum Gasteiger partial charge on any atom is -0.327 e. The Balaban J connectivity index is 1.55. The van der Waals surface area contributed by atoms with Crippen LogP contribution >= 0.6 is 0 Å². The molecule has 0 atom stereocenters. The van der Waals surface area contributed by atoms with Crippen molar-refractivity contribution in [3.05, 3.63) is 79.3 Å². The molecule has 0 bridgehead atoms. The van der Waals surface area contributed by atoms with Gasteiger partial charge in [0.1, 0.15) is 5.82 Å². The molecule has 0 saturated heterocycles. The number of hydrogen-bond donors (Lipinski definition) is 0. The summed E-state index contributed by atoms with van der Waals surface area (Å²) in [6, 6.07) is 14.0. The van der Waals surface area contributed by atoms with Crippen molar-refractivity contribution in [1.29, 1.82) is 0 Å². The van der Waals surface area contributed by atoms with E-state index in [1.807, 2.05) is 35.2 Å². The summed E-state index contributed by atoms with van der Waals surface area (Å²) < 4.78 is 4.26. The minimum atomic E-state index is 0.592. The van der Waals surface area contributed by atoms with Gasteiger partial charge in [-0.3, -0.25) is 4.98 Å². The molecule has 5 aromatic rings. The molecule has 7 nitrogen and oxygen atoms in total. The predicted molar refractivity (Wildman–Crippen MR) is 111 cm³/mol. The van der Waals surface area contributed by atoms with Crippen LogP contribution in [0.15, 0.2) is 73.4 Å². The summed E-state index contributed by atoms with van der Waals surface area (Å²) in [5.74, 6) is 2.31. The molecule has 0 radical (unpaired) electrons. The maximum absolute atomic E-state index is 4.93. The Labute approximate surface area is 167 Å². The highest BCUT2D eigenvalue weighted by Gasteiger charge is 2.14. The monoisotopic (exact) mass is 381 g/mol. The van der Waals surface area contributed by atoms with Gasteiger partial charge in [0, 0.05) is 43.1 Å². The number of hydrogen-bond acceptors (Lipinski definition) is 5. The van der Waals surface area contributed by atoms with Crippen LogP contribution in [0.4, 0.5) is 0 Å². The zero-order valence-electron chi connectivity index (χ0n) is 16.0. The number of aromatic nitrogens is 7. The molecular formula is C22H19N7. The third-order valence-corrected chi connectivity index (χ3v) is 4.90. The van der Waals surface area contributed by atoms with Crippen molar-refractivity contribution in [1.82, 2.24) is 34.1 Å². The van der Waals surface area contributed by atoms with Crippen LogP contribution in [-0.4, -0.2) is 34.1 Å². The Morgan fingerprint density at radius 3 is 2.52 bits per heavy atom. The smallest absolute Gasteiger partial charge is 0.195 e. The van der Waals surface area contributed by atoms with Crippen LogP contribution in [0.2, 0.25) is 0 Å². The largest absolute Gasteiger partial charge is 0.327 e. The molecule has 0 saturated carbocycles. The highest BCUT2D eigenvalue weighted by molar-refractivity contribution is 5.82. The molecule has 0 N–H and O–H groups in total. The van der Waals surface area contributed by atoms with E-state index in [1.54, 1.807) is 24.7 Å². The molecule has 142 valence electrons. The van der Waals surface area contributed by atoms with Gasteiger partial charge in [0.2, 0.25) is 0 Å². The minimum absolute atomic E-state index is 0.592. The molecule has 0 fully saturated rings. The highest BCUT2D eigenvalue weighted by atomic mass is 15.2. The van der Waals surface area contributed by atoms with Gasteiger partial charge in [0.15, 0.2) is 11.6 Å². The zero-order valence-corrected chi connectivity index (χ0v) is 16.0. The van der Waals surface area contributed by atoms with Crippen molar-refractivity contribution >= 4 is 11.0 Å². The average molecular weight is 381 g/mol. The molecule has 4 aromatic heterocycles. The van der Waals surface area contributed by atoms with E-state index in [-0.39, 0.29) is 0 Å². The van der Waals surface area contributed by atoms with Crippen LogP contribution in [0.25, 0.3) is 33.9 Å². The second-order valence-corrected chi connectivity index (χ2v) is 6.64. The summed E-state index contributed by atoms with van der Waals surface area (Å²) in [7, 11) is 0. The lowest BCUT2D eigenvalue weighted by atomic mass is 10.1. The third-order valence-electron chi connectivity index (χ3n) is 4.90. The van der Waals surface area contributed by atoms with Crippen molar-refractivity contribution in [3.63, 3.8) is 0 Å². The first-order valence-corrected chi connectivity index (χ1v) is 9.52. The normalized spacial score (nSPS) is 11.2. The van der Waals surface area contributed by atoms with Crippen LogP contribution in [0.5, 0.6) is 0 Å². The van der Waals surface area contributed by atoms with Crippen LogP contribution < -0.4 is 0 Å². The predicted octanol–water partition coefficient (Wildman–Crippen LogP) is 3.82. The Kier molecular flexibility index (Phi) is 4.32. The Morgan fingerprint density at radius 1 is 0.862 bits per heavy atom. The van der Waals surface area contributed by atoms with Crippen LogP contribution in [-0.2, 0) is 13.1 Å². The molecule has 0 aliphatic carbocycles. The van der Waals surface area contributed by atoms with Gasteiger partial charge < -0.3 is 9.13 Å². The summed E-state index contributed by atoms with van der Waals surface area (Å²) >= 11 is 0. The number of imidazole rings is 2. The van der Waals surface area contributed by atoms with Crippen LogP contribution in [0, 0.1) is 0 Å². The summed E-state index contributed by atoms with van der Waals surface area (Å²) in [5.41, 5.74) is 4.08. The number of fused-ring (bicyclic) bond motifs is 1. The molecule has 4 heterocycles. The average Bonchev–Trinajstić information content (AvgIpc) is 3.38. The fourth-order valence-corrected chi connectivity index (χ4v) is 3.56. The SMILES string of the molecule is CCn1c(Cn2ccnc2-c2ncccn2)nc2cc(-c3ccccn3)ccc21. The summed E-state index contributed by atoms with van der Waals surface area (Å²) in [4.78, 5) is 22.5. The first kappa shape index (κ1) is 17.2. The third kappa shape index (κ3) is 3.16. The van der Waals surface area contributed by atoms with E-state index in [9.17, 15) is 0 Å². The fourth-order valence-electron chi connectivity index (χ4n) is 3.56. The molecule has 0 amide bonds. The van der Waals surface area contributed by atoms with Crippen molar-refractivity contribution in [2.45, 2.75) is 20.0 Å². The standard InChI is InChI=1S/C22H19N7/c1-2-29-19-8-7-16(17-6-3-4-9-23-17)14-18(19)27-20(29)15-28-13-12-26-22(28)21-24-10-5-11-25-21/h3-14H,2,15H2,1H3. The molecule has 0 aliphatic heterocycles. The summed E-state index contributed by atoms with van der Waals surface area (Å²) in [6.07, 6.45) is 8.96. The van der Waals surface area contributed by atoms with E-state index in [2.05, 4.69) is 49.6 Å². The van der Waals surface area contributed by atoms with E-state index in [0.717, 1.165) is 40.5 Å². The molecule has 0 spiro atoms. The quantitative estimate of drug-likeness (QED) is 0.463. The van der Waals surface area contributed by atoms with Crippen molar-refractivity contribution in [2.75, 3.05) is 0 Å². The van der Waals surface area contributed by atoms with Crippen LogP contribution in [0.1, 0.15) is 12.7 Å². The maximum atomic E-state index is 4.93. The summed E-state index contributed by atoms with van der Waals surface area (Å²) in [6.45, 7) is 3.56. The van der Waals surface area contributed by atoms with Gasteiger partial charge in [-0.05, 0) is 37.3 Å². The topological polar surface area (TPSA) is 74.3 Å². The first-order valence-electron chi connectivity index (χ1n) is 9.52. The number of pyridine rings is 1. The van der Waals surface area contributed by atoms with Crippen molar-refractivity contribution in [3.8, 4) is 22.9 Å². The lowest BCUT2D eigenvalue weighted by molar-refractivity contribution is 0.665. The highest BCUT2D eigenvalue weighted by Crippen LogP contribution is 2.24. The lowest BCUT2D eigenvalue weighted by Crippen LogP contribution is -2.09. The second-order valence-electron chi connectivity index (χ2n) is 6.64. The van der Waals surface area contributed by atoms with Gasteiger partial charge in [-0.15, -0.1) is 0 Å². The Hall–Kier alpha value is -3.87. The molecule has 5 rings (SSSR count). The second kappa shape index (κ2) is 7.27. The molecule has 29 heavy (non-hydrogen) atoms. The van der Waals surface area contributed by atoms with E-state index >= 15 is 0 Å². The number of rotatable bonds is 5. The number of aryl methyl sites for hydroxylation is 1. The number of nitrogens with zero attached hydrogens (tertiary/aromatic N) is 7. The molecule has 0 unspecified atom stereocenters. The first-order chi connectivity index (χ1) is 14.3. The molecule has 7 heteroatoms. The van der Waals surface area contributed by atoms with Crippen LogP contribution in [0.3, 0.4) is 0 Å². The Bertz CT molecular complexity index is 1260. The van der Waals surface area contributed by atoms with E-state index in [0.29, 0.717) is 12.4 Å². The van der Waals surface area contributed by atoms with Crippen molar-refractivity contribution < 1.29 is 0 Å². The van der Waals surface area contributed by atoms with Gasteiger partial charge in [-0.2, -0.15) is 0 Å². The molecule has 1 aromatic carbocycles. The van der Waals surface area contributed by atoms with E-state index in [4.69, 9.17) is 4.98 Å². The van der Waals surface area contributed by atoms with Gasteiger partial charge >= 0.3 is 0 Å². The van der Waals surface area contributed by atoms with E-state index < -0.39 is 0 Å². The zero-order chi connectivity index (χ0) is 19.6. The summed E-state index contributed by atoms with van der Waals surface area (Å²) in [5, 5.41) is 0. The molecular weight excluding hydrogens is 362 g/mol. The lowest BCUT2D eigenvalue weighted by Gasteiger charge is -2.09. The molecule has 0 aliphatic rings. The van der Waals surface area contributed by atoms with Gasteiger partial charge in [-0.25, -0.2) is 19.9 Å². The fraction of sp³-hybridized carbons (Fsp3) is 0.136. The maximum Gasteiger partial charge on any atom is 0.195 e. The number of benzene rings is 1. The van der Waals surface area contributed by atoms with Gasteiger partial charge in [-0.1, -0.05) is 12.1 Å². The van der Waals surface area contributed by atoms with Gasteiger partial charge in [0.05, 0.1) is 23.3 Å². The van der Waals surface area contributed by atoms with Gasteiger partial charge in [0.25, 0.3) is 0 Å². The Morgan fingerprint density at radius 2 is 1.72 bits per heavy atom. The van der Waals surface area contributed by atoms with Crippen molar-refractivity contribution in [2.24, 2.45) is 0 Å². The van der Waals surface area contributed by atoms with E-state index in [1.165, 1.54) is 0 Å².